The quantitative estimate of drug-likeness (QED) is 0.769. The van der Waals surface area contributed by atoms with Gasteiger partial charge in [0.2, 0.25) is 0 Å². The Morgan fingerprint density at radius 1 is 1.11 bits per heavy atom. The molecule has 0 saturated carbocycles. The fourth-order valence-corrected chi connectivity index (χ4v) is 3.22. The third-order valence-corrected chi connectivity index (χ3v) is 4.70. The Morgan fingerprint density at radius 3 is 2.47 bits per heavy atom. The smallest absolute Gasteiger partial charge is 0.0762 e. The molecule has 19 heavy (non-hydrogen) atoms. The summed E-state index contributed by atoms with van der Waals surface area (Å²) in [4.78, 5) is 0.992. The zero-order chi connectivity index (χ0) is 13.8. The molecular formula is C15H14Cl2OS. The van der Waals surface area contributed by atoms with Gasteiger partial charge in [-0.05, 0) is 36.2 Å². The first-order valence-electron chi connectivity index (χ1n) is 5.91. The Kier molecular flexibility index (Phi) is 5.17. The summed E-state index contributed by atoms with van der Waals surface area (Å²) in [6.45, 7) is 1.72. The van der Waals surface area contributed by atoms with E-state index in [0.29, 0.717) is 5.02 Å². The number of benzene rings is 2. The second-order valence-corrected chi connectivity index (χ2v) is 6.08. The van der Waals surface area contributed by atoms with Crippen LogP contribution in [0.5, 0.6) is 0 Å². The van der Waals surface area contributed by atoms with Crippen molar-refractivity contribution in [2.75, 3.05) is 0 Å². The SMILES string of the molecule is CC(O)c1ccc(SCc2ccccc2Cl)c(Cl)c1. The number of thioether (sulfide) groups is 1. The van der Waals surface area contributed by atoms with Crippen LogP contribution in [-0.4, -0.2) is 5.11 Å². The summed E-state index contributed by atoms with van der Waals surface area (Å²) in [5.41, 5.74) is 1.91. The standard InChI is InChI=1S/C15H14Cl2OS/c1-10(18)11-6-7-15(14(17)8-11)19-9-12-4-2-3-5-13(12)16/h2-8,10,18H,9H2,1H3. The lowest BCUT2D eigenvalue weighted by molar-refractivity contribution is 0.199. The van der Waals surface area contributed by atoms with Gasteiger partial charge in [-0.2, -0.15) is 0 Å². The van der Waals surface area contributed by atoms with Gasteiger partial charge in [-0.15, -0.1) is 11.8 Å². The normalized spacial score (nSPS) is 12.4. The monoisotopic (exact) mass is 312 g/mol. The minimum Gasteiger partial charge on any atom is -0.389 e. The molecule has 0 saturated heterocycles. The van der Waals surface area contributed by atoms with Gasteiger partial charge in [0.25, 0.3) is 0 Å². The second-order valence-electron chi connectivity index (χ2n) is 4.25. The van der Waals surface area contributed by atoms with E-state index in [2.05, 4.69) is 0 Å². The Morgan fingerprint density at radius 2 is 1.84 bits per heavy atom. The van der Waals surface area contributed by atoms with Gasteiger partial charge in [0.15, 0.2) is 0 Å². The van der Waals surface area contributed by atoms with Crippen LogP contribution in [-0.2, 0) is 5.75 Å². The molecule has 0 aromatic heterocycles. The molecule has 0 amide bonds. The van der Waals surface area contributed by atoms with E-state index in [0.717, 1.165) is 26.8 Å². The van der Waals surface area contributed by atoms with Crippen LogP contribution in [0.1, 0.15) is 24.2 Å². The number of hydrogen-bond acceptors (Lipinski definition) is 2. The minimum absolute atomic E-state index is 0.500. The Hall–Kier alpha value is -0.670. The Bertz CT molecular complexity index is 570. The van der Waals surface area contributed by atoms with Crippen LogP contribution in [0.3, 0.4) is 0 Å². The van der Waals surface area contributed by atoms with Crippen molar-refractivity contribution < 1.29 is 5.11 Å². The van der Waals surface area contributed by atoms with Crippen LogP contribution >= 0.6 is 35.0 Å². The predicted molar refractivity (Wildman–Crippen MR) is 83.1 cm³/mol. The predicted octanol–water partition coefficient (Wildman–Crippen LogP) is 5.34. The van der Waals surface area contributed by atoms with Crippen molar-refractivity contribution in [3.8, 4) is 0 Å². The minimum atomic E-state index is -0.500. The maximum Gasteiger partial charge on any atom is 0.0762 e. The molecule has 0 spiro atoms. The Balaban J connectivity index is 2.10. The third kappa shape index (κ3) is 3.90. The third-order valence-electron chi connectivity index (χ3n) is 2.78. The van der Waals surface area contributed by atoms with Crippen LogP contribution in [0.2, 0.25) is 10.0 Å². The number of aliphatic hydroxyl groups is 1. The van der Waals surface area contributed by atoms with E-state index in [1.54, 1.807) is 24.8 Å². The van der Waals surface area contributed by atoms with Crippen molar-refractivity contribution in [1.82, 2.24) is 0 Å². The molecule has 4 heteroatoms. The number of hydrogen-bond donors (Lipinski definition) is 1. The maximum absolute atomic E-state index is 9.50. The number of halogens is 2. The van der Waals surface area contributed by atoms with Crippen molar-refractivity contribution in [2.24, 2.45) is 0 Å². The van der Waals surface area contributed by atoms with Crippen molar-refractivity contribution >= 4 is 35.0 Å². The fourth-order valence-electron chi connectivity index (χ4n) is 1.66. The second kappa shape index (κ2) is 6.67. The average Bonchev–Trinajstić information content (AvgIpc) is 2.39. The van der Waals surface area contributed by atoms with Gasteiger partial charge >= 0.3 is 0 Å². The number of rotatable bonds is 4. The highest BCUT2D eigenvalue weighted by Crippen LogP contribution is 2.33. The van der Waals surface area contributed by atoms with E-state index in [1.807, 2.05) is 36.4 Å². The van der Waals surface area contributed by atoms with Crippen LogP contribution in [0, 0.1) is 0 Å². The van der Waals surface area contributed by atoms with E-state index in [-0.39, 0.29) is 0 Å². The molecule has 2 rings (SSSR count). The number of aliphatic hydroxyl groups excluding tert-OH is 1. The van der Waals surface area contributed by atoms with E-state index < -0.39 is 6.10 Å². The average molecular weight is 313 g/mol. The molecule has 0 bridgehead atoms. The first-order chi connectivity index (χ1) is 9.08. The zero-order valence-electron chi connectivity index (χ0n) is 10.4. The van der Waals surface area contributed by atoms with E-state index in [9.17, 15) is 5.11 Å². The molecule has 2 aromatic carbocycles. The van der Waals surface area contributed by atoms with Gasteiger partial charge in [0, 0.05) is 15.7 Å². The molecule has 0 heterocycles. The highest BCUT2D eigenvalue weighted by Gasteiger charge is 2.07. The van der Waals surface area contributed by atoms with E-state index in [4.69, 9.17) is 23.2 Å². The van der Waals surface area contributed by atoms with Crippen molar-refractivity contribution in [3.05, 3.63) is 63.6 Å². The largest absolute Gasteiger partial charge is 0.389 e. The fraction of sp³-hybridized carbons (Fsp3) is 0.200. The molecule has 1 nitrogen and oxygen atoms in total. The van der Waals surface area contributed by atoms with Crippen LogP contribution in [0.4, 0.5) is 0 Å². The van der Waals surface area contributed by atoms with Crippen LogP contribution in [0.25, 0.3) is 0 Å². The highest BCUT2D eigenvalue weighted by molar-refractivity contribution is 7.98. The van der Waals surface area contributed by atoms with Crippen molar-refractivity contribution in [1.29, 1.82) is 0 Å². The lowest BCUT2D eigenvalue weighted by atomic mass is 10.1. The Labute approximate surface area is 127 Å². The first-order valence-corrected chi connectivity index (χ1v) is 7.66. The summed E-state index contributed by atoms with van der Waals surface area (Å²) in [5, 5.41) is 10.9. The van der Waals surface area contributed by atoms with Gasteiger partial charge in [-0.3, -0.25) is 0 Å². The van der Waals surface area contributed by atoms with E-state index in [1.165, 1.54) is 0 Å². The molecule has 0 aliphatic carbocycles. The zero-order valence-corrected chi connectivity index (χ0v) is 12.8. The van der Waals surface area contributed by atoms with Gasteiger partial charge in [-0.1, -0.05) is 47.5 Å². The van der Waals surface area contributed by atoms with Crippen LogP contribution < -0.4 is 0 Å². The summed E-state index contributed by atoms with van der Waals surface area (Å²) >= 11 is 14.0. The summed E-state index contributed by atoms with van der Waals surface area (Å²) in [5.74, 6) is 0.771. The first kappa shape index (κ1) is 14.7. The molecule has 0 aliphatic rings. The van der Waals surface area contributed by atoms with Crippen molar-refractivity contribution in [3.63, 3.8) is 0 Å². The molecule has 1 unspecified atom stereocenters. The molecule has 1 atom stereocenters. The lowest BCUT2D eigenvalue weighted by Gasteiger charge is -2.09. The van der Waals surface area contributed by atoms with Gasteiger partial charge in [0.1, 0.15) is 0 Å². The molecule has 0 aliphatic heterocycles. The maximum atomic E-state index is 9.50. The molecular weight excluding hydrogens is 299 g/mol. The van der Waals surface area contributed by atoms with Gasteiger partial charge < -0.3 is 5.11 Å². The lowest BCUT2D eigenvalue weighted by Crippen LogP contribution is -1.91. The molecule has 1 N–H and O–H groups in total. The topological polar surface area (TPSA) is 20.2 Å². The summed E-state index contributed by atoms with van der Waals surface area (Å²) < 4.78 is 0. The van der Waals surface area contributed by atoms with Crippen LogP contribution in [0.15, 0.2) is 47.4 Å². The molecule has 100 valence electrons. The summed E-state index contributed by atoms with van der Waals surface area (Å²) in [6, 6.07) is 13.4. The van der Waals surface area contributed by atoms with Crippen molar-refractivity contribution in [2.45, 2.75) is 23.7 Å². The van der Waals surface area contributed by atoms with Gasteiger partial charge in [-0.25, -0.2) is 0 Å². The summed E-state index contributed by atoms with van der Waals surface area (Å²) in [6.07, 6.45) is -0.500. The highest BCUT2D eigenvalue weighted by atomic mass is 35.5. The molecule has 0 radical (unpaired) electrons. The van der Waals surface area contributed by atoms with E-state index >= 15 is 0 Å². The summed E-state index contributed by atoms with van der Waals surface area (Å²) in [7, 11) is 0. The molecule has 0 fully saturated rings. The van der Waals surface area contributed by atoms with Gasteiger partial charge in [0.05, 0.1) is 11.1 Å². The molecule has 2 aromatic rings.